The molecule has 3 fully saturated rings. The van der Waals surface area contributed by atoms with Crippen LogP contribution in [-0.2, 0) is 14.2 Å². The zero-order valence-corrected chi connectivity index (χ0v) is 14.9. The molecule has 0 aromatic rings. The summed E-state index contributed by atoms with van der Waals surface area (Å²) in [7, 11) is 0. The number of hydrogen-bond donors (Lipinski definition) is 2. The minimum Gasteiger partial charge on any atom is -0.384 e. The van der Waals surface area contributed by atoms with Crippen molar-refractivity contribution in [3.63, 3.8) is 0 Å². The van der Waals surface area contributed by atoms with Crippen LogP contribution in [0.1, 0.15) is 58.8 Å². The number of hydrogen-bond acceptors (Lipinski definition) is 5. The first-order chi connectivity index (χ1) is 11.4. The Morgan fingerprint density at radius 2 is 2.08 bits per heavy atom. The average Bonchev–Trinajstić information content (AvgIpc) is 2.63. The van der Waals surface area contributed by atoms with Gasteiger partial charge >= 0.3 is 0 Å². The van der Waals surface area contributed by atoms with E-state index in [1.807, 2.05) is 6.08 Å². The highest BCUT2D eigenvalue weighted by molar-refractivity contribution is 5.05. The minimum atomic E-state index is -1.27. The van der Waals surface area contributed by atoms with Gasteiger partial charge in [0, 0.05) is 18.3 Å². The quantitative estimate of drug-likeness (QED) is 0.595. The Balaban J connectivity index is 1.79. The first kappa shape index (κ1) is 18.3. The Morgan fingerprint density at radius 3 is 2.83 bits per heavy atom. The average molecular weight is 340 g/mol. The Morgan fingerprint density at radius 1 is 1.29 bits per heavy atom. The highest BCUT2D eigenvalue weighted by atomic mass is 16.8. The summed E-state index contributed by atoms with van der Waals surface area (Å²) in [4.78, 5) is 0. The summed E-state index contributed by atoms with van der Waals surface area (Å²) in [6.45, 7) is 8.08. The molecule has 0 radical (unpaired) electrons. The van der Waals surface area contributed by atoms with Crippen LogP contribution in [0.15, 0.2) is 12.7 Å². The summed E-state index contributed by atoms with van der Waals surface area (Å²) in [6, 6.07) is 0. The Bertz CT molecular complexity index is 451. The lowest BCUT2D eigenvalue weighted by atomic mass is 9.61. The van der Waals surface area contributed by atoms with Gasteiger partial charge in [0.1, 0.15) is 5.60 Å². The van der Waals surface area contributed by atoms with E-state index >= 15 is 0 Å². The van der Waals surface area contributed by atoms with Gasteiger partial charge in [-0.1, -0.05) is 19.4 Å². The van der Waals surface area contributed by atoms with Crippen molar-refractivity contribution in [3.8, 4) is 0 Å². The van der Waals surface area contributed by atoms with Gasteiger partial charge in [-0.2, -0.15) is 0 Å². The number of allylic oxidation sites excluding steroid dienone is 1. The molecular weight excluding hydrogens is 308 g/mol. The van der Waals surface area contributed by atoms with Crippen LogP contribution in [0.2, 0.25) is 0 Å². The molecular formula is C19H32O5. The molecule has 0 spiro atoms. The van der Waals surface area contributed by atoms with Crippen LogP contribution in [0.4, 0.5) is 0 Å². The second-order valence-electron chi connectivity index (χ2n) is 7.95. The minimum absolute atomic E-state index is 0.0771. The zero-order valence-electron chi connectivity index (χ0n) is 14.9. The fourth-order valence-electron chi connectivity index (χ4n) is 4.79. The molecule has 5 nitrogen and oxygen atoms in total. The monoisotopic (exact) mass is 340 g/mol. The summed E-state index contributed by atoms with van der Waals surface area (Å²) in [5, 5.41) is 22.0. The van der Waals surface area contributed by atoms with E-state index in [0.717, 1.165) is 38.5 Å². The molecule has 1 saturated carbocycles. The molecule has 2 saturated heterocycles. The SMILES string of the molecule is C=CCCCOC1O[C@@H]2OC(C)(O)CCC3CCCC([C@H]1C)[C@]32O. The largest absolute Gasteiger partial charge is 0.384 e. The Labute approximate surface area is 145 Å². The van der Waals surface area contributed by atoms with Crippen LogP contribution in [0.3, 0.4) is 0 Å². The summed E-state index contributed by atoms with van der Waals surface area (Å²) < 4.78 is 17.8. The van der Waals surface area contributed by atoms with Gasteiger partial charge in [0.15, 0.2) is 18.4 Å². The summed E-state index contributed by atoms with van der Waals surface area (Å²) in [5.41, 5.74) is -1.03. The second-order valence-corrected chi connectivity index (χ2v) is 7.95. The maximum absolute atomic E-state index is 11.6. The molecule has 2 N–H and O–H groups in total. The molecule has 138 valence electrons. The van der Waals surface area contributed by atoms with Crippen LogP contribution >= 0.6 is 0 Å². The fourth-order valence-corrected chi connectivity index (χ4v) is 4.79. The van der Waals surface area contributed by atoms with Crippen molar-refractivity contribution in [1.82, 2.24) is 0 Å². The summed E-state index contributed by atoms with van der Waals surface area (Å²) in [6.07, 6.45) is 6.75. The fraction of sp³-hybridized carbons (Fsp3) is 0.895. The van der Waals surface area contributed by atoms with Gasteiger partial charge < -0.3 is 24.4 Å². The van der Waals surface area contributed by atoms with Crippen molar-refractivity contribution in [2.75, 3.05) is 6.61 Å². The third-order valence-corrected chi connectivity index (χ3v) is 6.17. The van der Waals surface area contributed by atoms with E-state index in [1.165, 1.54) is 0 Å². The van der Waals surface area contributed by atoms with Crippen LogP contribution in [-0.4, -0.2) is 40.8 Å². The second kappa shape index (κ2) is 7.04. The molecule has 0 bridgehead atoms. The molecule has 3 rings (SSSR count). The number of rotatable bonds is 5. The van der Waals surface area contributed by atoms with E-state index in [2.05, 4.69) is 13.5 Å². The maximum atomic E-state index is 11.6. The predicted octanol–water partition coefficient (Wildman–Crippen LogP) is 2.95. The van der Waals surface area contributed by atoms with Crippen molar-refractivity contribution in [1.29, 1.82) is 0 Å². The maximum Gasteiger partial charge on any atom is 0.193 e. The van der Waals surface area contributed by atoms with E-state index in [9.17, 15) is 10.2 Å². The number of ether oxygens (including phenoxy) is 3. The van der Waals surface area contributed by atoms with Gasteiger partial charge in [-0.15, -0.1) is 6.58 Å². The lowest BCUT2D eigenvalue weighted by Crippen LogP contribution is -2.65. The van der Waals surface area contributed by atoms with Gasteiger partial charge in [0.25, 0.3) is 0 Å². The van der Waals surface area contributed by atoms with Crippen molar-refractivity contribution in [3.05, 3.63) is 12.7 Å². The van der Waals surface area contributed by atoms with E-state index in [1.54, 1.807) is 6.92 Å². The van der Waals surface area contributed by atoms with Gasteiger partial charge in [-0.05, 0) is 44.9 Å². The molecule has 3 aliphatic rings. The predicted molar refractivity (Wildman–Crippen MR) is 89.9 cm³/mol. The van der Waals surface area contributed by atoms with E-state index in [-0.39, 0.29) is 17.8 Å². The van der Waals surface area contributed by atoms with Gasteiger partial charge in [-0.25, -0.2) is 0 Å². The van der Waals surface area contributed by atoms with E-state index in [0.29, 0.717) is 13.0 Å². The van der Waals surface area contributed by atoms with E-state index < -0.39 is 24.0 Å². The van der Waals surface area contributed by atoms with Crippen LogP contribution in [0.5, 0.6) is 0 Å². The lowest BCUT2D eigenvalue weighted by molar-refractivity contribution is -0.405. The standard InChI is InChI=1S/C19H32O5/c1-4-5-6-12-22-16-13(2)15-9-7-8-14-10-11-18(3,20)24-17(23-16)19(14,15)21/h4,13-17,20-21H,1,5-12H2,2-3H3/t13-,14?,15?,16?,17-,18?,19-/m1/s1. The highest BCUT2D eigenvalue weighted by Crippen LogP contribution is 2.54. The normalized spacial score (nSPS) is 48.4. The molecule has 0 amide bonds. The molecule has 4 unspecified atom stereocenters. The molecule has 7 atom stereocenters. The third-order valence-electron chi connectivity index (χ3n) is 6.17. The highest BCUT2D eigenvalue weighted by Gasteiger charge is 2.62. The smallest absolute Gasteiger partial charge is 0.193 e. The Hall–Kier alpha value is -0.460. The summed E-state index contributed by atoms with van der Waals surface area (Å²) in [5.74, 6) is -0.979. The first-order valence-corrected chi connectivity index (χ1v) is 9.39. The van der Waals surface area contributed by atoms with Crippen LogP contribution < -0.4 is 0 Å². The number of aliphatic hydroxyl groups is 2. The van der Waals surface area contributed by atoms with E-state index in [4.69, 9.17) is 14.2 Å². The van der Waals surface area contributed by atoms with Gasteiger partial charge in [0.05, 0.1) is 6.61 Å². The summed E-state index contributed by atoms with van der Waals surface area (Å²) >= 11 is 0. The van der Waals surface area contributed by atoms with Crippen molar-refractivity contribution in [2.45, 2.75) is 82.8 Å². The molecule has 2 aliphatic heterocycles. The molecule has 0 aromatic heterocycles. The van der Waals surface area contributed by atoms with Crippen molar-refractivity contribution >= 4 is 0 Å². The zero-order chi connectivity index (χ0) is 17.4. The lowest BCUT2D eigenvalue weighted by Gasteiger charge is -2.55. The topological polar surface area (TPSA) is 68.2 Å². The van der Waals surface area contributed by atoms with Crippen molar-refractivity contribution in [2.24, 2.45) is 17.8 Å². The third kappa shape index (κ3) is 3.29. The number of unbranched alkanes of at least 4 members (excludes halogenated alkanes) is 1. The molecule has 0 aromatic carbocycles. The van der Waals surface area contributed by atoms with Gasteiger partial charge in [0.2, 0.25) is 0 Å². The van der Waals surface area contributed by atoms with Crippen molar-refractivity contribution < 1.29 is 24.4 Å². The van der Waals surface area contributed by atoms with Crippen LogP contribution in [0, 0.1) is 17.8 Å². The van der Waals surface area contributed by atoms with Crippen LogP contribution in [0.25, 0.3) is 0 Å². The van der Waals surface area contributed by atoms with Gasteiger partial charge in [-0.3, -0.25) is 0 Å². The molecule has 5 heteroatoms. The Kier molecular flexibility index (Phi) is 5.38. The molecule has 2 heterocycles. The first-order valence-electron chi connectivity index (χ1n) is 9.39. The molecule has 24 heavy (non-hydrogen) atoms. The molecule has 1 aliphatic carbocycles.